The fraction of sp³-hybridized carbons (Fsp3) is 0.300. The highest BCUT2D eigenvalue weighted by atomic mass is 16.4. The molecule has 0 aliphatic rings. The van der Waals surface area contributed by atoms with Crippen molar-refractivity contribution >= 4 is 11.7 Å². The quantitative estimate of drug-likeness (QED) is 0.605. The zero-order chi connectivity index (χ0) is 11.5. The third-order valence-electron chi connectivity index (χ3n) is 2.26. The molecule has 82 valence electrons. The third kappa shape index (κ3) is 2.08. The molecule has 1 aromatic carbocycles. The van der Waals surface area contributed by atoms with Crippen LogP contribution in [0.25, 0.3) is 0 Å². The minimum absolute atomic E-state index is 0.511. The molecule has 0 amide bonds. The van der Waals surface area contributed by atoms with E-state index in [9.17, 15) is 9.90 Å². The van der Waals surface area contributed by atoms with Gasteiger partial charge in [-0.25, -0.2) is 4.79 Å². The fourth-order valence-corrected chi connectivity index (χ4v) is 1.18. The van der Waals surface area contributed by atoms with E-state index in [1.54, 1.807) is 30.3 Å². The molecule has 0 aliphatic heterocycles. The minimum Gasteiger partial charge on any atom is -0.478 e. The molecule has 1 rings (SSSR count). The lowest BCUT2D eigenvalue weighted by Gasteiger charge is -2.33. The molecule has 0 saturated heterocycles. The molecule has 0 radical (unpaired) electrons. The van der Waals surface area contributed by atoms with Gasteiger partial charge in [-0.2, -0.15) is 0 Å². The number of carbonyl (C=O) groups is 1. The molecular weight excluding hydrogens is 198 g/mol. The largest absolute Gasteiger partial charge is 0.478 e. The van der Waals surface area contributed by atoms with Gasteiger partial charge in [0.25, 0.3) is 5.72 Å². The van der Waals surface area contributed by atoms with Gasteiger partial charge in [-0.3, -0.25) is 0 Å². The van der Waals surface area contributed by atoms with Crippen molar-refractivity contribution in [2.45, 2.75) is 5.72 Å². The number of carboxylic acids is 1. The number of para-hydroxylation sites is 1. The summed E-state index contributed by atoms with van der Waals surface area (Å²) in [6, 6.07) is 8.49. The maximum absolute atomic E-state index is 10.8. The van der Waals surface area contributed by atoms with Gasteiger partial charge >= 0.3 is 5.97 Å². The number of rotatable bonds is 4. The van der Waals surface area contributed by atoms with Gasteiger partial charge in [-0.1, -0.05) is 18.2 Å². The third-order valence-corrected chi connectivity index (χ3v) is 2.26. The highest BCUT2D eigenvalue weighted by Gasteiger charge is 2.40. The summed E-state index contributed by atoms with van der Waals surface area (Å²) in [5, 5.41) is 27.4. The maximum atomic E-state index is 10.8. The number of benzene rings is 1. The van der Waals surface area contributed by atoms with E-state index < -0.39 is 18.3 Å². The fourth-order valence-electron chi connectivity index (χ4n) is 1.18. The molecule has 3 N–H and O–H groups in total. The Hall–Kier alpha value is -1.59. The Morgan fingerprint density at radius 3 is 2.33 bits per heavy atom. The van der Waals surface area contributed by atoms with Gasteiger partial charge in [-0.05, 0) is 12.1 Å². The molecule has 15 heavy (non-hydrogen) atoms. The van der Waals surface area contributed by atoms with Crippen molar-refractivity contribution in [3.63, 3.8) is 0 Å². The summed E-state index contributed by atoms with van der Waals surface area (Å²) in [6.45, 7) is -0.881. The first-order valence-electron chi connectivity index (χ1n) is 4.38. The molecule has 0 fully saturated rings. The summed E-state index contributed by atoms with van der Waals surface area (Å²) < 4.78 is 0. The molecule has 0 aromatic heterocycles. The highest BCUT2D eigenvalue weighted by molar-refractivity contribution is 5.81. The van der Waals surface area contributed by atoms with E-state index in [1.807, 2.05) is 0 Å². The monoisotopic (exact) mass is 211 g/mol. The zero-order valence-corrected chi connectivity index (χ0v) is 8.29. The van der Waals surface area contributed by atoms with E-state index >= 15 is 0 Å². The second-order valence-electron chi connectivity index (χ2n) is 3.17. The Balaban J connectivity index is 3.02. The number of anilines is 1. The van der Waals surface area contributed by atoms with Gasteiger partial charge in [-0.15, -0.1) is 0 Å². The molecule has 0 unspecified atom stereocenters. The van der Waals surface area contributed by atoms with Crippen LogP contribution in [0.4, 0.5) is 5.69 Å². The number of hydrogen-bond donors (Lipinski definition) is 3. The lowest BCUT2D eigenvalue weighted by atomic mass is 10.2. The van der Waals surface area contributed by atoms with Crippen molar-refractivity contribution in [2.75, 3.05) is 18.6 Å². The van der Waals surface area contributed by atoms with Crippen LogP contribution < -0.4 is 4.90 Å². The van der Waals surface area contributed by atoms with Crippen LogP contribution in [0.1, 0.15) is 0 Å². The second-order valence-corrected chi connectivity index (χ2v) is 3.17. The summed E-state index contributed by atoms with van der Waals surface area (Å²) in [5.41, 5.74) is -1.78. The number of nitrogens with zero attached hydrogens (tertiary/aromatic N) is 1. The molecule has 0 aliphatic carbocycles. The van der Waals surface area contributed by atoms with Gasteiger partial charge in [0.15, 0.2) is 0 Å². The predicted octanol–water partition coefficient (Wildman–Crippen LogP) is -0.112. The van der Waals surface area contributed by atoms with E-state index in [1.165, 1.54) is 7.05 Å². The van der Waals surface area contributed by atoms with Crippen LogP contribution in [-0.2, 0) is 4.79 Å². The number of aliphatic hydroxyl groups is 2. The molecule has 1 aromatic rings. The SMILES string of the molecule is CN(c1ccccc1)[C@@](O)(CO)C(=O)O. The van der Waals surface area contributed by atoms with Crippen molar-refractivity contribution in [2.24, 2.45) is 0 Å². The maximum Gasteiger partial charge on any atom is 0.359 e. The van der Waals surface area contributed by atoms with Crippen molar-refractivity contribution < 1.29 is 20.1 Å². The molecule has 0 heterocycles. The Morgan fingerprint density at radius 2 is 1.93 bits per heavy atom. The lowest BCUT2D eigenvalue weighted by Crippen LogP contribution is -2.56. The van der Waals surface area contributed by atoms with Gasteiger partial charge < -0.3 is 20.2 Å². The summed E-state index contributed by atoms with van der Waals surface area (Å²) in [5.74, 6) is -1.49. The Morgan fingerprint density at radius 1 is 1.40 bits per heavy atom. The van der Waals surface area contributed by atoms with Gasteiger partial charge in [0.05, 0.1) is 0 Å². The van der Waals surface area contributed by atoms with E-state index in [4.69, 9.17) is 10.2 Å². The topological polar surface area (TPSA) is 81.0 Å². The van der Waals surface area contributed by atoms with Crippen LogP contribution in [0.5, 0.6) is 0 Å². The number of aliphatic hydroxyl groups excluding tert-OH is 1. The number of hydrogen-bond acceptors (Lipinski definition) is 4. The van der Waals surface area contributed by atoms with Crippen molar-refractivity contribution in [1.29, 1.82) is 0 Å². The van der Waals surface area contributed by atoms with Crippen LogP contribution in [0.15, 0.2) is 30.3 Å². The molecule has 5 nitrogen and oxygen atoms in total. The van der Waals surface area contributed by atoms with Gasteiger partial charge in [0, 0.05) is 12.7 Å². The summed E-state index contributed by atoms with van der Waals surface area (Å²) >= 11 is 0. The normalized spacial score (nSPS) is 14.3. The van der Waals surface area contributed by atoms with Crippen LogP contribution in [0, 0.1) is 0 Å². The summed E-state index contributed by atoms with van der Waals surface area (Å²) in [6.07, 6.45) is 0. The van der Waals surface area contributed by atoms with E-state index in [-0.39, 0.29) is 0 Å². The van der Waals surface area contributed by atoms with Gasteiger partial charge in [0.2, 0.25) is 0 Å². The highest BCUT2D eigenvalue weighted by Crippen LogP contribution is 2.20. The summed E-state index contributed by atoms with van der Waals surface area (Å²) in [4.78, 5) is 11.9. The molecule has 0 saturated carbocycles. The Bertz CT molecular complexity index is 341. The van der Waals surface area contributed by atoms with Crippen LogP contribution in [0.3, 0.4) is 0 Å². The predicted molar refractivity (Wildman–Crippen MR) is 54.5 cm³/mol. The standard InChI is InChI=1S/C10H13NO4/c1-11(8-5-3-2-4-6-8)10(15,7-12)9(13)14/h2-6,12,15H,7H2,1H3,(H,13,14)/t10-/m1/s1. The first-order chi connectivity index (χ1) is 7.02. The van der Waals surface area contributed by atoms with Crippen molar-refractivity contribution in [3.8, 4) is 0 Å². The smallest absolute Gasteiger partial charge is 0.359 e. The van der Waals surface area contributed by atoms with E-state index in [0.29, 0.717) is 5.69 Å². The average Bonchev–Trinajstić information content (AvgIpc) is 2.28. The Labute approximate surface area is 87.2 Å². The first kappa shape index (κ1) is 11.5. The van der Waals surface area contributed by atoms with Crippen LogP contribution in [-0.4, -0.2) is 40.7 Å². The zero-order valence-electron chi connectivity index (χ0n) is 8.29. The average molecular weight is 211 g/mol. The van der Waals surface area contributed by atoms with Crippen molar-refractivity contribution in [1.82, 2.24) is 0 Å². The second kappa shape index (κ2) is 4.29. The molecule has 0 bridgehead atoms. The molecule has 5 heteroatoms. The molecule has 1 atom stereocenters. The summed E-state index contributed by atoms with van der Waals surface area (Å²) in [7, 11) is 1.40. The number of aliphatic carboxylic acids is 1. The number of likely N-dealkylation sites (N-methyl/N-ethyl adjacent to an activating group) is 1. The lowest BCUT2D eigenvalue weighted by molar-refractivity contribution is -0.162. The minimum atomic E-state index is -2.29. The van der Waals surface area contributed by atoms with Gasteiger partial charge in [0.1, 0.15) is 6.61 Å². The number of carboxylic acid groups (broad SMARTS) is 1. The molecular formula is C10H13NO4. The van der Waals surface area contributed by atoms with Crippen molar-refractivity contribution in [3.05, 3.63) is 30.3 Å². The first-order valence-corrected chi connectivity index (χ1v) is 4.38. The van der Waals surface area contributed by atoms with E-state index in [2.05, 4.69) is 0 Å². The van der Waals surface area contributed by atoms with Crippen LogP contribution >= 0.6 is 0 Å². The Kier molecular flexibility index (Phi) is 3.28. The molecule has 0 spiro atoms. The van der Waals surface area contributed by atoms with E-state index in [0.717, 1.165) is 4.90 Å². The van der Waals surface area contributed by atoms with Crippen LogP contribution in [0.2, 0.25) is 0 Å².